The summed E-state index contributed by atoms with van der Waals surface area (Å²) in [6.07, 6.45) is -9.62. The first kappa shape index (κ1) is 61.1. The highest BCUT2D eigenvalue weighted by Gasteiger charge is 2.79. The van der Waals surface area contributed by atoms with Gasteiger partial charge in [0.25, 0.3) is 5.91 Å². The van der Waals surface area contributed by atoms with Gasteiger partial charge in [0.1, 0.15) is 47.1 Å². The Kier molecular flexibility index (Phi) is 18.6. The van der Waals surface area contributed by atoms with E-state index in [2.05, 4.69) is 15.6 Å². The monoisotopic (exact) mass is 1140 g/mol. The first-order valence-electron chi connectivity index (χ1n) is 26.5. The van der Waals surface area contributed by atoms with Gasteiger partial charge in [-0.1, -0.05) is 76.2 Å². The number of hydrogen-bond donors (Lipinski definition) is 4. The number of Topliss-reactive ketones (excluding diaryl/α,β-unsaturated/α-hetero) is 1. The molecule has 2 amide bonds. The summed E-state index contributed by atoms with van der Waals surface area (Å²) in [4.78, 5) is 144. The SMILES string of the molecule is CCC(=O)O[C@H]1C[C@H]2OC[C@@]2(OC(C)=O)[C@H]2[C@H](OC(=O)c3ccccc3)[C@]3(O)C[C@H](OC(=O)[C@H](OC(=O)CC)[C@@H](NC(=O)[C@@H](CCC(=O)O)NC(=O)c4cccnc4SC)c4ccccc4)C(C)=C([C@@H](OC(C)=O)C(=O)[C@]12C)C3(C)C. The van der Waals surface area contributed by atoms with E-state index in [1.165, 1.54) is 84.1 Å². The number of ketones is 1. The van der Waals surface area contributed by atoms with Gasteiger partial charge in [0.2, 0.25) is 12.0 Å². The van der Waals surface area contributed by atoms with Crippen molar-refractivity contribution >= 4 is 71.1 Å². The second kappa shape index (κ2) is 24.7. The van der Waals surface area contributed by atoms with Crippen LogP contribution in [0.1, 0.15) is 126 Å². The summed E-state index contributed by atoms with van der Waals surface area (Å²) in [6, 6.07) is 15.1. The third-order valence-electron chi connectivity index (χ3n) is 16.0. The summed E-state index contributed by atoms with van der Waals surface area (Å²) in [6.45, 7) is 10.6. The smallest absolute Gasteiger partial charge is 0.350 e. The zero-order valence-electron chi connectivity index (χ0n) is 46.3. The van der Waals surface area contributed by atoms with E-state index >= 15 is 9.59 Å². The number of rotatable bonds is 20. The molecular formula is C58H67N3O19S. The number of pyridine rings is 1. The van der Waals surface area contributed by atoms with Crippen molar-refractivity contribution in [3.8, 4) is 0 Å². The second-order valence-electron chi connectivity index (χ2n) is 21.2. The maximum Gasteiger partial charge on any atom is 0.350 e. The molecule has 1 saturated heterocycles. The van der Waals surface area contributed by atoms with Gasteiger partial charge in [0.05, 0.1) is 29.1 Å². The normalized spacial score (nSPS) is 27.3. The number of ether oxygens (including phenoxy) is 7. The number of aromatic nitrogens is 1. The molecule has 434 valence electrons. The molecule has 81 heavy (non-hydrogen) atoms. The molecule has 4 N–H and O–H groups in total. The third-order valence-corrected chi connectivity index (χ3v) is 16.7. The number of benzene rings is 2. The molecule has 2 saturated carbocycles. The first-order chi connectivity index (χ1) is 38.3. The number of aliphatic carboxylic acids is 1. The molecule has 7 rings (SSSR count). The topological polar surface area (TPSA) is 313 Å². The van der Waals surface area contributed by atoms with Crippen molar-refractivity contribution < 1.29 is 91.3 Å². The van der Waals surface area contributed by atoms with E-state index in [1.54, 1.807) is 42.7 Å². The van der Waals surface area contributed by atoms with Crippen LogP contribution >= 0.6 is 11.8 Å². The van der Waals surface area contributed by atoms with Crippen molar-refractivity contribution in [1.29, 1.82) is 0 Å². The Labute approximate surface area is 471 Å². The lowest BCUT2D eigenvalue weighted by Crippen LogP contribution is -2.82. The van der Waals surface area contributed by atoms with Gasteiger partial charge in [-0.3, -0.25) is 38.4 Å². The summed E-state index contributed by atoms with van der Waals surface area (Å²) in [7, 11) is 0. The van der Waals surface area contributed by atoms with Crippen LogP contribution in [0.2, 0.25) is 0 Å². The van der Waals surface area contributed by atoms with Crippen LogP contribution in [-0.2, 0) is 71.5 Å². The number of esters is 6. The molecule has 22 nitrogen and oxygen atoms in total. The molecule has 3 fully saturated rings. The molecule has 2 bridgehead atoms. The molecule has 4 aliphatic rings. The molecule has 0 spiro atoms. The summed E-state index contributed by atoms with van der Waals surface area (Å²) in [5.41, 5.74) is -8.30. The fraction of sp³-hybridized carbons (Fsp3) is 0.500. The summed E-state index contributed by atoms with van der Waals surface area (Å²) in [5, 5.41) is 29.5. The van der Waals surface area contributed by atoms with E-state index in [0.29, 0.717) is 5.03 Å². The number of carboxylic acid groups (broad SMARTS) is 1. The molecule has 1 aliphatic heterocycles. The number of carboxylic acids is 1. The number of aliphatic hydroxyl groups is 1. The third kappa shape index (κ3) is 12.0. The van der Waals surface area contributed by atoms with Crippen LogP contribution in [0.15, 0.2) is 95.2 Å². The molecule has 3 aliphatic carbocycles. The van der Waals surface area contributed by atoms with Crippen molar-refractivity contribution in [3.05, 3.63) is 107 Å². The number of nitrogens with zero attached hydrogens (tertiary/aromatic N) is 1. The van der Waals surface area contributed by atoms with Gasteiger partial charge in [0, 0.05) is 57.6 Å². The summed E-state index contributed by atoms with van der Waals surface area (Å²) < 4.78 is 43.1. The minimum absolute atomic E-state index is 0.00799. The Morgan fingerprint density at radius 3 is 2.07 bits per heavy atom. The fourth-order valence-electron chi connectivity index (χ4n) is 11.8. The maximum atomic E-state index is 16.2. The number of thioether (sulfide) groups is 1. The molecule has 0 unspecified atom stereocenters. The Morgan fingerprint density at radius 2 is 1.49 bits per heavy atom. The highest BCUT2D eigenvalue weighted by molar-refractivity contribution is 7.98. The van der Waals surface area contributed by atoms with Crippen molar-refractivity contribution in [3.63, 3.8) is 0 Å². The van der Waals surface area contributed by atoms with Gasteiger partial charge in [-0.25, -0.2) is 14.6 Å². The lowest BCUT2D eigenvalue weighted by Gasteiger charge is -2.67. The Morgan fingerprint density at radius 1 is 0.840 bits per heavy atom. The van der Waals surface area contributed by atoms with Crippen molar-refractivity contribution in [2.75, 3.05) is 12.9 Å². The molecule has 12 atom stereocenters. The molecule has 2 aromatic carbocycles. The average molecular weight is 1140 g/mol. The van der Waals surface area contributed by atoms with E-state index in [9.17, 15) is 48.6 Å². The lowest BCUT2D eigenvalue weighted by atomic mass is 9.44. The highest BCUT2D eigenvalue weighted by Crippen LogP contribution is 2.65. The zero-order valence-corrected chi connectivity index (χ0v) is 47.2. The standard InChI is InChI=1S/C58H67N3O19S/c1-10-41(66)77-38-27-39-57(29-74-39,80-32(5)63)47-49(79-53(71)34-21-16-13-17-22-34)58(73)28-37(30(3)43(55(58,6)7)45(75-31(4)62)48(68)56(38,47)8)76-54(72)46(78-42(67)11-2)44(33-19-14-12-15-20-33)61-51(70)36(24-25-40(64)65)60-50(69)35-23-18-26-59-52(35)81-9/h12-23,26,36-39,44-47,49,73H,10-11,24-25,27-29H2,1-9H3,(H,60,69)(H,61,70)(H,64,65)/t36-,37+,38+,39-,44+,45-,46-,47+,49+,56-,57+,58-/m1/s1. The van der Waals surface area contributed by atoms with Crippen LogP contribution in [0, 0.1) is 16.7 Å². The summed E-state index contributed by atoms with van der Waals surface area (Å²) in [5.74, 6) is -11.6. The van der Waals surface area contributed by atoms with Crippen LogP contribution < -0.4 is 10.6 Å². The molecule has 2 heterocycles. The molecular weight excluding hydrogens is 1070 g/mol. The Hall–Kier alpha value is -7.50. The van der Waals surface area contributed by atoms with E-state index in [0.717, 1.165) is 25.6 Å². The number of fused-ring (bicyclic) bond motifs is 5. The van der Waals surface area contributed by atoms with E-state index in [-0.39, 0.29) is 47.1 Å². The predicted molar refractivity (Wildman–Crippen MR) is 284 cm³/mol. The average Bonchev–Trinajstić information content (AvgIpc) is 3.52. The van der Waals surface area contributed by atoms with Gasteiger partial charge >= 0.3 is 41.8 Å². The number of carbonyl (C=O) groups is 10. The van der Waals surface area contributed by atoms with Gasteiger partial charge in [-0.15, -0.1) is 11.8 Å². The molecule has 0 radical (unpaired) electrons. The van der Waals surface area contributed by atoms with Gasteiger partial charge in [0.15, 0.2) is 17.5 Å². The minimum atomic E-state index is -2.57. The quantitative estimate of drug-likeness (QED) is 0.0493. The zero-order chi connectivity index (χ0) is 59.4. The first-order valence-corrected chi connectivity index (χ1v) is 27.7. The second-order valence-corrected chi connectivity index (χ2v) is 22.0. The minimum Gasteiger partial charge on any atom is -0.481 e. The van der Waals surface area contributed by atoms with Gasteiger partial charge < -0.3 is 54.0 Å². The number of carbonyl (C=O) groups excluding carboxylic acids is 9. The van der Waals surface area contributed by atoms with Crippen LogP contribution in [0.5, 0.6) is 0 Å². The van der Waals surface area contributed by atoms with Crippen molar-refractivity contribution in [2.24, 2.45) is 16.7 Å². The number of amides is 2. The van der Waals surface area contributed by atoms with E-state index < -0.39 is 162 Å². The lowest BCUT2D eigenvalue weighted by molar-refractivity contribution is -0.346. The Bertz CT molecular complexity index is 2990. The van der Waals surface area contributed by atoms with Crippen LogP contribution in [-0.4, -0.2) is 141 Å². The van der Waals surface area contributed by atoms with E-state index in [1.807, 2.05) is 0 Å². The number of hydrogen-bond acceptors (Lipinski definition) is 20. The van der Waals surface area contributed by atoms with Crippen LogP contribution in [0.25, 0.3) is 0 Å². The largest absolute Gasteiger partial charge is 0.481 e. The highest BCUT2D eigenvalue weighted by atomic mass is 32.2. The van der Waals surface area contributed by atoms with Gasteiger partial charge in [-0.05, 0) is 67.5 Å². The predicted octanol–water partition coefficient (Wildman–Crippen LogP) is 5.12. The van der Waals surface area contributed by atoms with Crippen molar-refractivity contribution in [1.82, 2.24) is 15.6 Å². The molecule has 23 heteroatoms. The fourth-order valence-corrected chi connectivity index (χ4v) is 12.4. The van der Waals surface area contributed by atoms with E-state index in [4.69, 9.17) is 33.2 Å². The number of nitrogens with one attached hydrogen (secondary N) is 2. The van der Waals surface area contributed by atoms with Crippen molar-refractivity contribution in [2.45, 2.75) is 159 Å². The van der Waals surface area contributed by atoms with Crippen LogP contribution in [0.4, 0.5) is 0 Å². The van der Waals surface area contributed by atoms with Gasteiger partial charge in [-0.2, -0.15) is 0 Å². The maximum absolute atomic E-state index is 16.2. The molecule has 1 aromatic heterocycles. The van der Waals surface area contributed by atoms with Crippen LogP contribution in [0.3, 0.4) is 0 Å². The summed E-state index contributed by atoms with van der Waals surface area (Å²) >= 11 is 1.15. The molecule has 3 aromatic rings. The Balaban J connectivity index is 1.41.